The standard InChI is InChI=1S/C13H24N2O4S/c16-13(17)11-7-3-1-4-8-12(11)14-20(18,19)15-9-5-2-6-10-15/h11-12,14H,1-10H2,(H,16,17). The summed E-state index contributed by atoms with van der Waals surface area (Å²) in [4.78, 5) is 11.3. The molecule has 7 heteroatoms. The van der Waals surface area contributed by atoms with Gasteiger partial charge in [0.25, 0.3) is 10.2 Å². The molecule has 0 aromatic rings. The Balaban J connectivity index is 2.06. The molecule has 2 fully saturated rings. The molecular weight excluding hydrogens is 280 g/mol. The van der Waals surface area contributed by atoms with E-state index in [1.54, 1.807) is 0 Å². The van der Waals surface area contributed by atoms with Crippen LogP contribution in [-0.4, -0.2) is 42.9 Å². The van der Waals surface area contributed by atoms with Crippen LogP contribution in [0.15, 0.2) is 0 Å². The number of piperidine rings is 1. The first kappa shape index (κ1) is 15.7. The monoisotopic (exact) mass is 304 g/mol. The highest BCUT2D eigenvalue weighted by molar-refractivity contribution is 7.87. The van der Waals surface area contributed by atoms with Crippen molar-refractivity contribution in [2.75, 3.05) is 13.1 Å². The molecule has 2 N–H and O–H groups in total. The van der Waals surface area contributed by atoms with E-state index in [9.17, 15) is 18.3 Å². The molecule has 0 aromatic carbocycles. The summed E-state index contributed by atoms with van der Waals surface area (Å²) < 4.78 is 28.8. The van der Waals surface area contributed by atoms with Crippen LogP contribution in [0, 0.1) is 5.92 Å². The van der Waals surface area contributed by atoms with E-state index in [1.807, 2.05) is 0 Å². The van der Waals surface area contributed by atoms with Gasteiger partial charge in [-0.25, -0.2) is 0 Å². The lowest BCUT2D eigenvalue weighted by atomic mass is 9.96. The molecule has 1 saturated heterocycles. The van der Waals surface area contributed by atoms with E-state index < -0.39 is 28.1 Å². The molecule has 1 aliphatic heterocycles. The number of carbonyl (C=O) groups is 1. The van der Waals surface area contributed by atoms with Gasteiger partial charge in [-0.1, -0.05) is 25.7 Å². The zero-order chi connectivity index (χ0) is 14.6. The maximum atomic E-state index is 12.4. The second kappa shape index (κ2) is 6.87. The topological polar surface area (TPSA) is 86.7 Å². The van der Waals surface area contributed by atoms with Crippen LogP contribution >= 0.6 is 0 Å². The van der Waals surface area contributed by atoms with Gasteiger partial charge in [0.15, 0.2) is 0 Å². The summed E-state index contributed by atoms with van der Waals surface area (Å²) in [6.45, 7) is 1.08. The van der Waals surface area contributed by atoms with Gasteiger partial charge < -0.3 is 5.11 Å². The fourth-order valence-electron chi connectivity index (χ4n) is 3.12. The number of carboxylic acid groups (broad SMARTS) is 1. The van der Waals surface area contributed by atoms with Crippen molar-refractivity contribution in [2.45, 2.75) is 57.4 Å². The molecular formula is C13H24N2O4S. The predicted molar refractivity (Wildman–Crippen MR) is 75.5 cm³/mol. The molecule has 2 rings (SSSR count). The van der Waals surface area contributed by atoms with Gasteiger partial charge in [0, 0.05) is 19.1 Å². The Kier molecular flexibility index (Phi) is 5.40. The van der Waals surface area contributed by atoms with E-state index in [2.05, 4.69) is 4.72 Å². The van der Waals surface area contributed by atoms with Crippen molar-refractivity contribution in [1.29, 1.82) is 0 Å². The molecule has 6 nitrogen and oxygen atoms in total. The van der Waals surface area contributed by atoms with Crippen LogP contribution < -0.4 is 4.72 Å². The first-order chi connectivity index (χ1) is 9.50. The zero-order valence-corrected chi connectivity index (χ0v) is 12.6. The molecule has 2 aliphatic rings. The first-order valence-electron chi connectivity index (χ1n) is 7.51. The minimum absolute atomic E-state index is 0.470. The number of rotatable bonds is 4. The highest BCUT2D eigenvalue weighted by Crippen LogP contribution is 2.25. The van der Waals surface area contributed by atoms with Crippen LogP contribution in [0.4, 0.5) is 0 Å². The molecule has 0 bridgehead atoms. The van der Waals surface area contributed by atoms with E-state index in [-0.39, 0.29) is 0 Å². The smallest absolute Gasteiger partial charge is 0.308 e. The zero-order valence-electron chi connectivity index (χ0n) is 11.8. The van der Waals surface area contributed by atoms with Crippen molar-refractivity contribution >= 4 is 16.2 Å². The van der Waals surface area contributed by atoms with Crippen LogP contribution in [0.5, 0.6) is 0 Å². The summed E-state index contributed by atoms with van der Waals surface area (Å²) in [6, 6.07) is -0.470. The Bertz CT molecular complexity index is 432. The number of nitrogens with zero attached hydrogens (tertiary/aromatic N) is 1. The maximum absolute atomic E-state index is 12.4. The van der Waals surface area contributed by atoms with Gasteiger partial charge in [-0.15, -0.1) is 0 Å². The fraction of sp³-hybridized carbons (Fsp3) is 0.923. The molecule has 0 radical (unpaired) electrons. The third kappa shape index (κ3) is 3.93. The number of hydrogen-bond acceptors (Lipinski definition) is 3. The van der Waals surface area contributed by atoms with Gasteiger partial charge in [-0.3, -0.25) is 4.79 Å². The van der Waals surface area contributed by atoms with E-state index in [0.717, 1.165) is 38.5 Å². The van der Waals surface area contributed by atoms with Crippen molar-refractivity contribution in [3.63, 3.8) is 0 Å². The molecule has 1 aliphatic carbocycles. The van der Waals surface area contributed by atoms with Crippen LogP contribution in [0.25, 0.3) is 0 Å². The Morgan fingerprint density at radius 3 is 2.25 bits per heavy atom. The lowest BCUT2D eigenvalue weighted by molar-refractivity contribution is -0.142. The van der Waals surface area contributed by atoms with Crippen molar-refractivity contribution in [3.05, 3.63) is 0 Å². The molecule has 1 saturated carbocycles. The largest absolute Gasteiger partial charge is 0.481 e. The Hall–Kier alpha value is -0.660. The Labute approximate surface area is 120 Å². The highest BCUT2D eigenvalue weighted by atomic mass is 32.2. The molecule has 2 unspecified atom stereocenters. The van der Waals surface area contributed by atoms with Crippen LogP contribution in [0.3, 0.4) is 0 Å². The van der Waals surface area contributed by atoms with Crippen LogP contribution in [-0.2, 0) is 15.0 Å². The van der Waals surface area contributed by atoms with Gasteiger partial charge in [0.05, 0.1) is 5.92 Å². The van der Waals surface area contributed by atoms with Crippen LogP contribution in [0.2, 0.25) is 0 Å². The van der Waals surface area contributed by atoms with E-state index in [0.29, 0.717) is 25.9 Å². The number of carboxylic acids is 1. The minimum Gasteiger partial charge on any atom is -0.481 e. The molecule has 1 heterocycles. The summed E-state index contributed by atoms with van der Waals surface area (Å²) in [5.41, 5.74) is 0. The van der Waals surface area contributed by atoms with E-state index in [4.69, 9.17) is 0 Å². The molecule has 2 atom stereocenters. The molecule has 0 amide bonds. The predicted octanol–water partition coefficient (Wildman–Crippen LogP) is 1.34. The Morgan fingerprint density at radius 2 is 1.60 bits per heavy atom. The van der Waals surface area contributed by atoms with Crippen molar-refractivity contribution in [3.8, 4) is 0 Å². The van der Waals surface area contributed by atoms with Gasteiger partial charge in [0.2, 0.25) is 0 Å². The Morgan fingerprint density at radius 1 is 1.00 bits per heavy atom. The van der Waals surface area contributed by atoms with Gasteiger partial charge in [-0.2, -0.15) is 17.4 Å². The van der Waals surface area contributed by atoms with Crippen LogP contribution in [0.1, 0.15) is 51.4 Å². The average molecular weight is 304 g/mol. The number of aliphatic carboxylic acids is 1. The first-order valence-corrected chi connectivity index (χ1v) is 8.95. The average Bonchev–Trinajstić information content (AvgIpc) is 2.65. The number of nitrogens with one attached hydrogen (secondary N) is 1. The van der Waals surface area contributed by atoms with Crippen molar-refractivity contribution < 1.29 is 18.3 Å². The van der Waals surface area contributed by atoms with Gasteiger partial charge in [0.1, 0.15) is 0 Å². The molecule has 20 heavy (non-hydrogen) atoms. The maximum Gasteiger partial charge on any atom is 0.308 e. The van der Waals surface area contributed by atoms with E-state index in [1.165, 1.54) is 4.31 Å². The summed E-state index contributed by atoms with van der Waals surface area (Å²) >= 11 is 0. The minimum atomic E-state index is -3.55. The second-order valence-corrected chi connectivity index (χ2v) is 7.47. The summed E-state index contributed by atoms with van der Waals surface area (Å²) in [6.07, 6.45) is 6.73. The fourth-order valence-corrected chi connectivity index (χ4v) is 4.67. The normalized spacial score (nSPS) is 29.8. The van der Waals surface area contributed by atoms with Gasteiger partial charge >= 0.3 is 5.97 Å². The summed E-state index contributed by atoms with van der Waals surface area (Å²) in [7, 11) is -3.55. The van der Waals surface area contributed by atoms with Gasteiger partial charge in [-0.05, 0) is 25.7 Å². The summed E-state index contributed by atoms with van der Waals surface area (Å²) in [5.74, 6) is -1.49. The highest BCUT2D eigenvalue weighted by Gasteiger charge is 2.34. The quantitative estimate of drug-likeness (QED) is 0.767. The summed E-state index contributed by atoms with van der Waals surface area (Å²) in [5, 5.41) is 9.29. The van der Waals surface area contributed by atoms with E-state index >= 15 is 0 Å². The lowest BCUT2D eigenvalue weighted by Gasteiger charge is -2.30. The van der Waals surface area contributed by atoms with Crippen molar-refractivity contribution in [1.82, 2.24) is 9.03 Å². The third-order valence-corrected chi connectivity index (χ3v) is 5.93. The molecule has 0 aromatic heterocycles. The lowest BCUT2D eigenvalue weighted by Crippen LogP contribution is -2.50. The SMILES string of the molecule is O=C(O)C1CCCCCC1NS(=O)(=O)N1CCCCC1. The van der Waals surface area contributed by atoms with Crippen molar-refractivity contribution in [2.24, 2.45) is 5.92 Å². The number of hydrogen-bond donors (Lipinski definition) is 2. The molecule has 0 spiro atoms. The second-order valence-electron chi connectivity index (χ2n) is 5.77. The molecule has 116 valence electrons. The third-order valence-electron chi connectivity index (χ3n) is 4.29.